The van der Waals surface area contributed by atoms with E-state index in [4.69, 9.17) is 4.74 Å². The molecule has 4 amide bonds. The number of ether oxygens (including phenoxy) is 1. The Labute approximate surface area is 303 Å². The first-order valence-electron chi connectivity index (χ1n) is 17.3. The summed E-state index contributed by atoms with van der Waals surface area (Å²) in [4.78, 5) is 71.2. The molecule has 0 radical (unpaired) electrons. The van der Waals surface area contributed by atoms with Gasteiger partial charge >= 0.3 is 5.97 Å². The number of benzene rings is 4. The highest BCUT2D eigenvalue weighted by Gasteiger charge is 2.71. The quantitative estimate of drug-likeness (QED) is 0.145. The predicted octanol–water partition coefficient (Wildman–Crippen LogP) is 5.30. The Morgan fingerprint density at radius 3 is 2.26 bits per heavy atom. The van der Waals surface area contributed by atoms with Crippen molar-refractivity contribution in [2.24, 2.45) is 23.7 Å². The van der Waals surface area contributed by atoms with Gasteiger partial charge in [0.25, 0.3) is 11.8 Å². The molecule has 12 heteroatoms. The van der Waals surface area contributed by atoms with E-state index in [9.17, 15) is 34.5 Å². The monoisotopic (exact) mass is 713 g/mol. The largest absolute Gasteiger partial charge is 0.508 e. The van der Waals surface area contributed by atoms with Gasteiger partial charge in [0.15, 0.2) is 0 Å². The lowest BCUT2D eigenvalue weighted by atomic mass is 9.49. The third kappa shape index (κ3) is 4.85. The second kappa shape index (κ2) is 12.4. The first-order chi connectivity index (χ1) is 25.5. The third-order valence-electron chi connectivity index (χ3n) is 11.4. The predicted molar refractivity (Wildman–Crippen MR) is 191 cm³/mol. The minimum atomic E-state index is -1.61. The molecule has 4 N–H and O–H groups in total. The molecule has 0 bridgehead atoms. The van der Waals surface area contributed by atoms with Gasteiger partial charge in [0.2, 0.25) is 11.8 Å². The summed E-state index contributed by atoms with van der Waals surface area (Å²) in [6.45, 7) is 1.92. The summed E-state index contributed by atoms with van der Waals surface area (Å²) >= 11 is 0. The van der Waals surface area contributed by atoms with Crippen molar-refractivity contribution in [2.75, 3.05) is 17.4 Å². The molecular formula is C41H35N3O9. The van der Waals surface area contributed by atoms with Gasteiger partial charge in [0.05, 0.1) is 41.7 Å². The van der Waals surface area contributed by atoms with Crippen molar-refractivity contribution in [3.05, 3.63) is 125 Å². The average Bonchev–Trinajstić information content (AvgIpc) is 3.53. The van der Waals surface area contributed by atoms with Crippen molar-refractivity contribution in [1.82, 2.24) is 5.01 Å². The Morgan fingerprint density at radius 1 is 0.849 bits per heavy atom. The van der Waals surface area contributed by atoms with E-state index in [1.54, 1.807) is 48.5 Å². The van der Waals surface area contributed by atoms with Crippen LogP contribution in [0.5, 0.6) is 17.2 Å². The minimum Gasteiger partial charge on any atom is -0.508 e. The van der Waals surface area contributed by atoms with Crippen molar-refractivity contribution in [3.8, 4) is 17.2 Å². The number of fused-ring (bicyclic) bond motifs is 4. The summed E-state index contributed by atoms with van der Waals surface area (Å²) < 4.78 is 5.81. The number of amides is 4. The number of phenolic OH excluding ortho intramolecular Hbond substituents is 1. The Hall–Kier alpha value is -6.43. The van der Waals surface area contributed by atoms with Crippen LogP contribution in [0.2, 0.25) is 0 Å². The number of carboxylic acid groups (broad SMARTS) is 1. The normalized spacial score (nSPS) is 26.2. The lowest BCUT2D eigenvalue weighted by Gasteiger charge is -2.50. The van der Waals surface area contributed by atoms with Crippen LogP contribution in [0.1, 0.15) is 45.8 Å². The molecule has 4 aliphatic rings. The number of hydrogen-bond donors (Lipinski definition) is 4. The molecule has 3 fully saturated rings. The van der Waals surface area contributed by atoms with E-state index in [1.807, 2.05) is 31.2 Å². The fraction of sp³-hybridized carbons (Fsp3) is 0.244. The second-order valence-corrected chi connectivity index (χ2v) is 14.0. The second-order valence-electron chi connectivity index (χ2n) is 14.0. The number of imide groups is 2. The van der Waals surface area contributed by atoms with Crippen molar-refractivity contribution in [3.63, 3.8) is 0 Å². The fourth-order valence-corrected chi connectivity index (χ4v) is 9.16. The van der Waals surface area contributed by atoms with Crippen LogP contribution in [0, 0.1) is 30.6 Å². The van der Waals surface area contributed by atoms with Gasteiger partial charge < -0.3 is 20.1 Å². The minimum absolute atomic E-state index is 0.0207. The zero-order chi connectivity index (χ0) is 37.3. The molecule has 6 unspecified atom stereocenters. The smallest absolute Gasteiger partial charge is 0.339 e. The highest BCUT2D eigenvalue weighted by Crippen LogP contribution is 2.66. The number of carboxylic acids is 1. The summed E-state index contributed by atoms with van der Waals surface area (Å²) in [7, 11) is 1.45. The van der Waals surface area contributed by atoms with Crippen LogP contribution in [0.3, 0.4) is 0 Å². The maximum absolute atomic E-state index is 15.3. The number of phenols is 2. The zero-order valence-electron chi connectivity index (χ0n) is 28.7. The SMILES string of the molecule is COc1cccc(O)c1C1C2=CCC3C(=O)N(c4ccc(C(=O)O)c(O)c4)C(=O)C3C2CC2C(=O)N(Nc3ccc(C)cc3)C(=O)C21c1ccccc1. The van der Waals surface area contributed by atoms with Crippen LogP contribution in [-0.2, 0) is 24.6 Å². The molecule has 12 nitrogen and oxygen atoms in total. The van der Waals surface area contributed by atoms with Crippen LogP contribution >= 0.6 is 0 Å². The van der Waals surface area contributed by atoms with E-state index in [0.29, 0.717) is 16.8 Å². The zero-order valence-corrected chi connectivity index (χ0v) is 28.7. The van der Waals surface area contributed by atoms with Crippen LogP contribution in [-0.4, -0.2) is 57.0 Å². The summed E-state index contributed by atoms with van der Waals surface area (Å²) in [5.74, 6) is -8.59. The van der Waals surface area contributed by atoms with Crippen molar-refractivity contribution in [2.45, 2.75) is 31.1 Å². The molecule has 8 rings (SSSR count). The highest BCUT2D eigenvalue weighted by atomic mass is 16.5. The maximum Gasteiger partial charge on any atom is 0.339 e. The van der Waals surface area contributed by atoms with Crippen LogP contribution in [0.15, 0.2) is 103 Å². The third-order valence-corrected chi connectivity index (χ3v) is 11.4. The van der Waals surface area contributed by atoms with Gasteiger partial charge in [-0.1, -0.05) is 65.7 Å². The molecule has 0 aromatic heterocycles. The number of carbonyl (C=O) groups excluding carboxylic acids is 4. The molecule has 268 valence electrons. The number of methoxy groups -OCH3 is 1. The fourth-order valence-electron chi connectivity index (χ4n) is 9.16. The number of aromatic carboxylic acids is 1. The van der Waals surface area contributed by atoms with E-state index in [0.717, 1.165) is 27.6 Å². The van der Waals surface area contributed by atoms with E-state index in [2.05, 4.69) is 5.43 Å². The number of allylic oxidation sites excluding steroid dienone is 2. The number of carbonyl (C=O) groups is 5. The number of hydrazine groups is 1. The number of anilines is 2. The van der Waals surface area contributed by atoms with Gasteiger partial charge in [-0.3, -0.25) is 24.6 Å². The van der Waals surface area contributed by atoms with E-state index in [-0.39, 0.29) is 41.2 Å². The molecule has 4 aromatic carbocycles. The topological polar surface area (TPSA) is 174 Å². The van der Waals surface area contributed by atoms with Gasteiger partial charge in [0, 0.05) is 17.5 Å². The first kappa shape index (κ1) is 33.7. The summed E-state index contributed by atoms with van der Waals surface area (Å²) in [5, 5.41) is 32.6. The number of aryl methyl sites for hydroxylation is 1. The van der Waals surface area contributed by atoms with Gasteiger partial charge in [-0.15, -0.1) is 0 Å². The number of nitrogens with zero attached hydrogens (tertiary/aromatic N) is 2. The summed E-state index contributed by atoms with van der Waals surface area (Å²) in [6, 6.07) is 24.5. The molecule has 2 aliphatic heterocycles. The lowest BCUT2D eigenvalue weighted by molar-refractivity contribution is -0.138. The van der Waals surface area contributed by atoms with Crippen LogP contribution in [0.4, 0.5) is 11.4 Å². The lowest BCUT2D eigenvalue weighted by Crippen LogP contribution is -2.53. The van der Waals surface area contributed by atoms with Gasteiger partial charge in [-0.2, -0.15) is 5.01 Å². The van der Waals surface area contributed by atoms with Crippen molar-refractivity contribution in [1.29, 1.82) is 0 Å². The molecule has 4 aromatic rings. The van der Waals surface area contributed by atoms with Gasteiger partial charge in [-0.05, 0) is 67.6 Å². The van der Waals surface area contributed by atoms with Crippen LogP contribution < -0.4 is 15.1 Å². The summed E-state index contributed by atoms with van der Waals surface area (Å²) in [6.07, 6.45) is 2.00. The Balaban J connectivity index is 1.32. The molecular weight excluding hydrogens is 678 g/mol. The number of rotatable bonds is 7. The van der Waals surface area contributed by atoms with E-state index < -0.39 is 70.4 Å². The average molecular weight is 714 g/mol. The molecule has 2 heterocycles. The number of hydrogen-bond acceptors (Lipinski definition) is 9. The van der Waals surface area contributed by atoms with Crippen molar-refractivity contribution < 1.29 is 44.0 Å². The Bertz CT molecular complexity index is 2250. The number of aromatic hydroxyl groups is 2. The maximum atomic E-state index is 15.3. The van der Waals surface area contributed by atoms with E-state index >= 15 is 4.79 Å². The van der Waals surface area contributed by atoms with Gasteiger partial charge in [-0.25, -0.2) is 9.69 Å². The number of nitrogens with one attached hydrogen (secondary N) is 1. The molecule has 1 saturated carbocycles. The first-order valence-corrected chi connectivity index (χ1v) is 17.3. The molecule has 2 aliphatic carbocycles. The van der Waals surface area contributed by atoms with Crippen LogP contribution in [0.25, 0.3) is 0 Å². The highest BCUT2D eigenvalue weighted by molar-refractivity contribution is 6.23. The van der Waals surface area contributed by atoms with Gasteiger partial charge in [0.1, 0.15) is 22.8 Å². The Kier molecular flexibility index (Phi) is 7.86. The molecule has 2 saturated heterocycles. The standard InChI is InChI=1S/C41H35N3O9/c1-21-11-13-23(14-12-21)42-44-37(48)29-20-28-25(17-18-27-33(28)38(49)43(36(27)47)24-15-16-26(39(50)51)31(46)19-24)35(34-30(45)9-6-10-32(34)53-2)41(29,40(44)52)22-7-4-3-5-8-22/h3-17,19,27-29,33,35,42,45-46H,18,20H2,1-2H3,(H,50,51). The summed E-state index contributed by atoms with van der Waals surface area (Å²) in [5.41, 5.74) is 4.01. The van der Waals surface area contributed by atoms with Crippen molar-refractivity contribution >= 4 is 41.0 Å². The molecule has 0 spiro atoms. The molecule has 6 atom stereocenters. The van der Waals surface area contributed by atoms with E-state index in [1.165, 1.54) is 19.2 Å². The Morgan fingerprint density at radius 2 is 1.58 bits per heavy atom. The molecule has 53 heavy (non-hydrogen) atoms.